The van der Waals surface area contributed by atoms with E-state index in [0.717, 1.165) is 11.8 Å². The van der Waals surface area contributed by atoms with Gasteiger partial charge in [0.05, 0.1) is 12.9 Å². The van der Waals surface area contributed by atoms with Gasteiger partial charge in [-0.2, -0.15) is 0 Å². The van der Waals surface area contributed by atoms with Crippen LogP contribution in [0.4, 0.5) is 8.78 Å². The largest absolute Gasteiger partial charge is 0.468 e. The smallest absolute Gasteiger partial charge is 0.315 e. The van der Waals surface area contributed by atoms with Gasteiger partial charge in [-0.3, -0.25) is 4.79 Å². The standard InChI is InChI=1S/C11H12F2O2S/c1-11(12,13)8-3-5-9(6-4-8)16-7-10(14)15-2/h3-6H,7H2,1-2H3. The molecule has 0 unspecified atom stereocenters. The van der Waals surface area contributed by atoms with Crippen LogP contribution in [0.1, 0.15) is 12.5 Å². The number of rotatable bonds is 4. The van der Waals surface area contributed by atoms with Gasteiger partial charge >= 0.3 is 5.97 Å². The van der Waals surface area contributed by atoms with Crippen molar-refractivity contribution in [2.45, 2.75) is 17.7 Å². The summed E-state index contributed by atoms with van der Waals surface area (Å²) >= 11 is 1.25. The third-order valence-electron chi connectivity index (χ3n) is 1.95. The number of benzene rings is 1. The van der Waals surface area contributed by atoms with Gasteiger partial charge in [-0.25, -0.2) is 8.78 Å². The number of hydrogen-bond donors (Lipinski definition) is 0. The highest BCUT2D eigenvalue weighted by atomic mass is 32.2. The third kappa shape index (κ3) is 3.81. The molecular weight excluding hydrogens is 234 g/mol. The minimum absolute atomic E-state index is 0.0325. The number of esters is 1. The van der Waals surface area contributed by atoms with E-state index in [1.165, 1.54) is 31.0 Å². The predicted molar refractivity (Wildman–Crippen MR) is 58.8 cm³/mol. The molecule has 0 atom stereocenters. The molecule has 16 heavy (non-hydrogen) atoms. The predicted octanol–water partition coefficient (Wildman–Crippen LogP) is 3.06. The molecule has 0 aliphatic carbocycles. The minimum atomic E-state index is -2.83. The number of alkyl halides is 2. The summed E-state index contributed by atoms with van der Waals surface area (Å²) in [5, 5.41) is 0. The summed E-state index contributed by atoms with van der Waals surface area (Å²) in [6, 6.07) is 5.86. The maximum Gasteiger partial charge on any atom is 0.315 e. The molecule has 5 heteroatoms. The van der Waals surface area contributed by atoms with Gasteiger partial charge in [0.25, 0.3) is 5.92 Å². The van der Waals surface area contributed by atoms with Crippen LogP contribution in [0.15, 0.2) is 29.2 Å². The van der Waals surface area contributed by atoms with E-state index in [4.69, 9.17) is 0 Å². The van der Waals surface area contributed by atoms with Crippen molar-refractivity contribution in [3.05, 3.63) is 29.8 Å². The molecule has 0 radical (unpaired) electrons. The quantitative estimate of drug-likeness (QED) is 0.603. The second-order valence-corrected chi connectivity index (χ2v) is 4.33. The first-order chi connectivity index (χ1) is 7.43. The van der Waals surface area contributed by atoms with Crippen molar-refractivity contribution < 1.29 is 18.3 Å². The molecule has 0 heterocycles. The van der Waals surface area contributed by atoms with Crippen molar-refractivity contribution in [2.24, 2.45) is 0 Å². The molecule has 1 aromatic carbocycles. The van der Waals surface area contributed by atoms with Crippen LogP contribution < -0.4 is 0 Å². The van der Waals surface area contributed by atoms with Crippen LogP contribution in [0.25, 0.3) is 0 Å². The zero-order chi connectivity index (χ0) is 12.2. The monoisotopic (exact) mass is 246 g/mol. The number of ether oxygens (including phenoxy) is 1. The van der Waals surface area contributed by atoms with Crippen molar-refractivity contribution in [1.82, 2.24) is 0 Å². The first-order valence-corrected chi connectivity index (χ1v) is 5.60. The molecule has 0 aliphatic rings. The highest BCUT2D eigenvalue weighted by Crippen LogP contribution is 2.28. The Bertz CT molecular complexity index is 357. The number of carbonyl (C=O) groups excluding carboxylic acids is 1. The van der Waals surface area contributed by atoms with E-state index in [1.54, 1.807) is 12.1 Å². The zero-order valence-corrected chi connectivity index (χ0v) is 9.81. The second kappa shape index (κ2) is 5.30. The number of methoxy groups -OCH3 is 1. The number of hydrogen-bond acceptors (Lipinski definition) is 3. The molecule has 0 N–H and O–H groups in total. The fourth-order valence-electron chi connectivity index (χ4n) is 1.05. The number of carbonyl (C=O) groups is 1. The van der Waals surface area contributed by atoms with Crippen molar-refractivity contribution in [3.63, 3.8) is 0 Å². The van der Waals surface area contributed by atoms with Crippen LogP contribution in [0, 0.1) is 0 Å². The Labute approximate surface area is 97.0 Å². The molecule has 0 bridgehead atoms. The molecule has 2 nitrogen and oxygen atoms in total. The lowest BCUT2D eigenvalue weighted by molar-refractivity contribution is -0.137. The Morgan fingerprint density at radius 3 is 2.38 bits per heavy atom. The Kier molecular flexibility index (Phi) is 4.29. The van der Waals surface area contributed by atoms with Crippen LogP contribution in [0.2, 0.25) is 0 Å². The lowest BCUT2D eigenvalue weighted by Crippen LogP contribution is -2.06. The lowest BCUT2D eigenvalue weighted by Gasteiger charge is -2.10. The Morgan fingerprint density at radius 1 is 1.38 bits per heavy atom. The summed E-state index contributed by atoms with van der Waals surface area (Å²) in [7, 11) is 1.31. The summed E-state index contributed by atoms with van der Waals surface area (Å²) in [6.45, 7) is 0.851. The van der Waals surface area contributed by atoms with Gasteiger partial charge in [0.2, 0.25) is 0 Å². The normalized spacial score (nSPS) is 11.2. The Hall–Kier alpha value is -1.10. The van der Waals surface area contributed by atoms with E-state index in [-0.39, 0.29) is 17.3 Å². The van der Waals surface area contributed by atoms with E-state index in [1.807, 2.05) is 0 Å². The molecule has 0 fully saturated rings. The van der Waals surface area contributed by atoms with Gasteiger partial charge in [0, 0.05) is 17.4 Å². The van der Waals surface area contributed by atoms with E-state index in [2.05, 4.69) is 4.74 Å². The maximum absolute atomic E-state index is 12.9. The van der Waals surface area contributed by atoms with Crippen molar-refractivity contribution in [3.8, 4) is 0 Å². The van der Waals surface area contributed by atoms with E-state index in [0.29, 0.717) is 0 Å². The van der Waals surface area contributed by atoms with E-state index >= 15 is 0 Å². The van der Waals surface area contributed by atoms with Crippen molar-refractivity contribution in [2.75, 3.05) is 12.9 Å². The van der Waals surface area contributed by atoms with Gasteiger partial charge in [0.15, 0.2) is 0 Å². The fourth-order valence-corrected chi connectivity index (χ4v) is 1.78. The van der Waals surface area contributed by atoms with Gasteiger partial charge in [-0.1, -0.05) is 12.1 Å². The first kappa shape index (κ1) is 13.0. The second-order valence-electron chi connectivity index (χ2n) is 3.28. The summed E-state index contributed by atoms with van der Waals surface area (Å²) in [5.41, 5.74) is -0.0325. The van der Waals surface area contributed by atoms with Crippen LogP contribution in [0.3, 0.4) is 0 Å². The number of thioether (sulfide) groups is 1. The van der Waals surface area contributed by atoms with Crippen LogP contribution in [0.5, 0.6) is 0 Å². The summed E-state index contributed by atoms with van der Waals surface area (Å²) < 4.78 is 30.2. The molecule has 0 saturated heterocycles. The highest BCUT2D eigenvalue weighted by Gasteiger charge is 2.23. The van der Waals surface area contributed by atoms with Gasteiger partial charge < -0.3 is 4.74 Å². The molecule has 1 aromatic rings. The lowest BCUT2D eigenvalue weighted by atomic mass is 10.1. The summed E-state index contributed by atoms with van der Waals surface area (Å²) in [6.07, 6.45) is 0. The Morgan fingerprint density at radius 2 is 1.94 bits per heavy atom. The molecular formula is C11H12F2O2S. The van der Waals surface area contributed by atoms with Crippen LogP contribution in [-0.4, -0.2) is 18.8 Å². The average molecular weight is 246 g/mol. The molecule has 0 spiro atoms. The Balaban J connectivity index is 2.62. The third-order valence-corrected chi connectivity index (χ3v) is 2.93. The zero-order valence-electron chi connectivity index (χ0n) is 9.00. The van der Waals surface area contributed by atoms with Crippen LogP contribution >= 0.6 is 11.8 Å². The number of halogens is 2. The SMILES string of the molecule is COC(=O)CSc1ccc(C(C)(F)F)cc1. The summed E-state index contributed by atoms with van der Waals surface area (Å²) in [4.78, 5) is 11.6. The van der Waals surface area contributed by atoms with Crippen LogP contribution in [-0.2, 0) is 15.5 Å². The fraction of sp³-hybridized carbons (Fsp3) is 0.364. The van der Waals surface area contributed by atoms with Crippen molar-refractivity contribution in [1.29, 1.82) is 0 Å². The average Bonchev–Trinajstić information content (AvgIpc) is 2.25. The highest BCUT2D eigenvalue weighted by molar-refractivity contribution is 8.00. The van der Waals surface area contributed by atoms with Gasteiger partial charge in [-0.05, 0) is 12.1 Å². The molecule has 0 aromatic heterocycles. The molecule has 0 amide bonds. The molecule has 0 saturated carbocycles. The molecule has 1 rings (SSSR count). The van der Waals surface area contributed by atoms with E-state index < -0.39 is 5.92 Å². The maximum atomic E-state index is 12.9. The van der Waals surface area contributed by atoms with Gasteiger partial charge in [-0.15, -0.1) is 11.8 Å². The topological polar surface area (TPSA) is 26.3 Å². The first-order valence-electron chi connectivity index (χ1n) is 4.61. The molecule has 0 aliphatic heterocycles. The van der Waals surface area contributed by atoms with E-state index in [9.17, 15) is 13.6 Å². The summed E-state index contributed by atoms with van der Waals surface area (Å²) in [5.74, 6) is -2.99. The molecule has 88 valence electrons. The van der Waals surface area contributed by atoms with Gasteiger partial charge in [0.1, 0.15) is 0 Å². The minimum Gasteiger partial charge on any atom is -0.468 e. The van der Waals surface area contributed by atoms with Crippen molar-refractivity contribution >= 4 is 17.7 Å².